The number of hydrogen-bond donors (Lipinski definition) is 3. The van der Waals surface area contributed by atoms with Crippen LogP contribution in [-0.4, -0.2) is 36.3 Å². The van der Waals surface area contributed by atoms with Gasteiger partial charge in [0, 0.05) is 12.2 Å². The molecule has 0 radical (unpaired) electrons. The number of aryl methyl sites for hydroxylation is 1. The number of nitrogens with one attached hydrogen (secondary N) is 2. The second-order valence-electron chi connectivity index (χ2n) is 5.11. The number of carbonyl (C=O) groups excluding carboxylic acids is 1. The van der Waals surface area contributed by atoms with Gasteiger partial charge in [-0.2, -0.15) is 0 Å². The molecule has 6 heteroatoms. The number of rotatable bonds is 2. The van der Waals surface area contributed by atoms with Crippen LogP contribution in [0, 0.1) is 0 Å². The maximum Gasteiger partial charge on any atom is 0.241 e. The van der Waals surface area contributed by atoms with Gasteiger partial charge in [-0.1, -0.05) is 0 Å². The Kier molecular flexibility index (Phi) is 4.86. The van der Waals surface area contributed by atoms with Crippen LogP contribution in [0.4, 0.5) is 5.69 Å². The number of halogens is 1. The number of β-amino-alcohol motifs (C(OH)–C–C–N with tert-alkyl or cyclic N) is 1. The lowest BCUT2D eigenvalue weighted by molar-refractivity contribution is -0.117. The maximum absolute atomic E-state index is 12.0. The molecule has 1 amide bonds. The van der Waals surface area contributed by atoms with Gasteiger partial charge < -0.3 is 20.5 Å². The molecule has 0 aromatic heterocycles. The van der Waals surface area contributed by atoms with Gasteiger partial charge in [-0.25, -0.2) is 0 Å². The first kappa shape index (κ1) is 15.1. The number of benzene rings is 1. The second-order valence-corrected chi connectivity index (χ2v) is 5.11. The van der Waals surface area contributed by atoms with E-state index in [1.807, 2.05) is 18.2 Å². The van der Waals surface area contributed by atoms with Crippen LogP contribution in [0.15, 0.2) is 18.2 Å². The van der Waals surface area contributed by atoms with Crippen LogP contribution in [-0.2, 0) is 11.2 Å². The zero-order valence-electron chi connectivity index (χ0n) is 11.1. The highest BCUT2D eigenvalue weighted by Gasteiger charge is 2.28. The number of anilines is 1. The largest absolute Gasteiger partial charge is 0.493 e. The Morgan fingerprint density at radius 3 is 3.05 bits per heavy atom. The summed E-state index contributed by atoms with van der Waals surface area (Å²) in [5.41, 5.74) is 1.93. The van der Waals surface area contributed by atoms with E-state index < -0.39 is 6.10 Å². The minimum Gasteiger partial charge on any atom is -0.493 e. The van der Waals surface area contributed by atoms with Gasteiger partial charge in [-0.15, -0.1) is 12.4 Å². The Morgan fingerprint density at radius 1 is 1.45 bits per heavy atom. The highest BCUT2D eigenvalue weighted by Crippen LogP contribution is 2.27. The van der Waals surface area contributed by atoms with Gasteiger partial charge in [0.2, 0.25) is 5.91 Å². The molecule has 0 aliphatic carbocycles. The highest BCUT2D eigenvalue weighted by molar-refractivity contribution is 5.95. The molecule has 0 spiro atoms. The lowest BCUT2D eigenvalue weighted by Crippen LogP contribution is -2.35. The number of aliphatic hydroxyl groups is 1. The molecule has 2 unspecified atom stereocenters. The molecule has 3 N–H and O–H groups in total. The summed E-state index contributed by atoms with van der Waals surface area (Å²) in [6.07, 6.45) is 2.05. The van der Waals surface area contributed by atoms with Gasteiger partial charge >= 0.3 is 0 Å². The van der Waals surface area contributed by atoms with E-state index in [1.54, 1.807) is 0 Å². The third-order valence-electron chi connectivity index (χ3n) is 3.60. The molecule has 1 fully saturated rings. The van der Waals surface area contributed by atoms with Crippen LogP contribution in [0.1, 0.15) is 18.4 Å². The van der Waals surface area contributed by atoms with Crippen molar-refractivity contribution in [2.24, 2.45) is 0 Å². The van der Waals surface area contributed by atoms with Crippen molar-refractivity contribution >= 4 is 24.0 Å². The third kappa shape index (κ3) is 3.23. The molecule has 5 nitrogen and oxygen atoms in total. The summed E-state index contributed by atoms with van der Waals surface area (Å²) in [5.74, 6) is 0.826. The Bertz CT molecular complexity index is 495. The van der Waals surface area contributed by atoms with E-state index in [-0.39, 0.29) is 24.4 Å². The maximum atomic E-state index is 12.0. The first-order chi connectivity index (χ1) is 9.22. The Hall–Kier alpha value is -1.30. The fourth-order valence-corrected chi connectivity index (χ4v) is 2.58. The molecule has 3 rings (SSSR count). The van der Waals surface area contributed by atoms with E-state index in [9.17, 15) is 9.90 Å². The molecule has 2 atom stereocenters. The van der Waals surface area contributed by atoms with Crippen molar-refractivity contribution < 1.29 is 14.6 Å². The van der Waals surface area contributed by atoms with Crippen molar-refractivity contribution in [3.63, 3.8) is 0 Å². The molecule has 20 heavy (non-hydrogen) atoms. The predicted molar refractivity (Wildman–Crippen MR) is 78.6 cm³/mol. The Morgan fingerprint density at radius 2 is 2.30 bits per heavy atom. The van der Waals surface area contributed by atoms with Crippen LogP contribution >= 0.6 is 12.4 Å². The minimum atomic E-state index is -0.423. The average Bonchev–Trinajstić information content (AvgIpc) is 2.85. The number of fused-ring (bicyclic) bond motifs is 1. The lowest BCUT2D eigenvalue weighted by atomic mass is 10.1. The number of ether oxygens (including phenoxy) is 1. The zero-order chi connectivity index (χ0) is 13.2. The fraction of sp³-hybridized carbons (Fsp3) is 0.500. The van der Waals surface area contributed by atoms with Gasteiger partial charge in [0.15, 0.2) is 0 Å². The van der Waals surface area contributed by atoms with Gasteiger partial charge in [-0.05, 0) is 43.0 Å². The standard InChI is InChI=1S/C14H18N2O3.ClH/c17-11-7-12(15-8-11)14(18)16-10-3-4-13-9(6-10)2-1-5-19-13;/h3-4,6,11-12,15,17H,1-2,5,7-8H2,(H,16,18);1H. The normalized spacial score (nSPS) is 24.2. The lowest BCUT2D eigenvalue weighted by Gasteiger charge is -2.18. The number of carbonyl (C=O) groups is 1. The minimum absolute atomic E-state index is 0. The highest BCUT2D eigenvalue weighted by atomic mass is 35.5. The molecule has 1 aromatic rings. The molecule has 2 aliphatic heterocycles. The van der Waals surface area contributed by atoms with Crippen LogP contribution in [0.2, 0.25) is 0 Å². The molecule has 0 bridgehead atoms. The quantitative estimate of drug-likeness (QED) is 0.764. The van der Waals surface area contributed by atoms with Crippen LogP contribution < -0.4 is 15.4 Å². The molecule has 2 heterocycles. The summed E-state index contributed by atoms with van der Waals surface area (Å²) < 4.78 is 5.54. The van der Waals surface area contributed by atoms with E-state index in [4.69, 9.17) is 4.74 Å². The molecule has 0 saturated carbocycles. The summed E-state index contributed by atoms with van der Waals surface area (Å²) in [4.78, 5) is 12.0. The van der Waals surface area contributed by atoms with Crippen molar-refractivity contribution in [2.45, 2.75) is 31.4 Å². The van der Waals surface area contributed by atoms with Crippen molar-refractivity contribution in [2.75, 3.05) is 18.5 Å². The molecule has 1 saturated heterocycles. The van der Waals surface area contributed by atoms with Crippen LogP contribution in [0.5, 0.6) is 5.75 Å². The molecule has 1 aromatic carbocycles. The second kappa shape index (κ2) is 6.43. The predicted octanol–water partition coefficient (Wildman–Crippen LogP) is 1.09. The fourth-order valence-electron chi connectivity index (χ4n) is 2.58. The van der Waals surface area contributed by atoms with Gasteiger partial charge in [-0.3, -0.25) is 4.79 Å². The summed E-state index contributed by atoms with van der Waals surface area (Å²) in [5, 5.41) is 15.3. The summed E-state index contributed by atoms with van der Waals surface area (Å²) in [7, 11) is 0. The van der Waals surface area contributed by atoms with Crippen molar-refractivity contribution in [1.29, 1.82) is 0 Å². The first-order valence-corrected chi connectivity index (χ1v) is 6.70. The summed E-state index contributed by atoms with van der Waals surface area (Å²) in [6.45, 7) is 1.25. The molecular weight excluding hydrogens is 280 g/mol. The van der Waals surface area contributed by atoms with Crippen molar-refractivity contribution in [3.8, 4) is 5.75 Å². The third-order valence-corrected chi connectivity index (χ3v) is 3.60. The monoisotopic (exact) mass is 298 g/mol. The average molecular weight is 299 g/mol. The number of aliphatic hydroxyl groups excluding tert-OH is 1. The molecular formula is C14H19ClN2O3. The summed E-state index contributed by atoms with van der Waals surface area (Å²) in [6, 6.07) is 5.42. The number of hydrogen-bond acceptors (Lipinski definition) is 4. The van der Waals surface area contributed by atoms with Gasteiger partial charge in [0.1, 0.15) is 5.75 Å². The van der Waals surface area contributed by atoms with Crippen molar-refractivity contribution in [1.82, 2.24) is 5.32 Å². The van der Waals surface area contributed by atoms with Crippen molar-refractivity contribution in [3.05, 3.63) is 23.8 Å². The molecule has 110 valence electrons. The zero-order valence-corrected chi connectivity index (χ0v) is 11.9. The van der Waals surface area contributed by atoms with Gasteiger partial charge in [0.25, 0.3) is 0 Å². The SMILES string of the molecule is Cl.O=C(Nc1ccc2c(c1)CCCO2)C1CC(O)CN1. The van der Waals surface area contributed by atoms with E-state index in [2.05, 4.69) is 10.6 Å². The Labute approximate surface area is 124 Å². The topological polar surface area (TPSA) is 70.6 Å². The van der Waals surface area contributed by atoms with E-state index >= 15 is 0 Å². The van der Waals surface area contributed by atoms with E-state index in [0.29, 0.717) is 13.0 Å². The van der Waals surface area contributed by atoms with Crippen LogP contribution in [0.25, 0.3) is 0 Å². The number of amides is 1. The van der Waals surface area contributed by atoms with Gasteiger partial charge in [0.05, 0.1) is 18.8 Å². The van der Waals surface area contributed by atoms with E-state index in [1.165, 1.54) is 0 Å². The summed E-state index contributed by atoms with van der Waals surface area (Å²) >= 11 is 0. The van der Waals surface area contributed by atoms with Crippen LogP contribution in [0.3, 0.4) is 0 Å². The van der Waals surface area contributed by atoms with E-state index in [0.717, 1.165) is 36.4 Å². The first-order valence-electron chi connectivity index (χ1n) is 6.70. The molecule has 2 aliphatic rings. The smallest absolute Gasteiger partial charge is 0.241 e. The Balaban J connectivity index is 0.00000147.